The SMILES string of the molecule is CC(C)(C)[Si](C)(C)OC[C@@]1(C)CN([B]C=O)c2c(C#N)cc(-c3ccnc(Nc4cc(C#N)cnc4CCC4CC4)n3)cc21. The van der Waals surface area contributed by atoms with Gasteiger partial charge in [-0.1, -0.05) is 40.5 Å². The van der Waals surface area contributed by atoms with E-state index in [1.165, 1.54) is 20.3 Å². The molecule has 3 heterocycles. The van der Waals surface area contributed by atoms with Gasteiger partial charge in [0.25, 0.3) is 0 Å². The third-order valence-electron chi connectivity index (χ3n) is 9.27. The van der Waals surface area contributed by atoms with E-state index in [2.05, 4.69) is 74.3 Å². The molecule has 0 spiro atoms. The number of nitriles is 2. The van der Waals surface area contributed by atoms with Gasteiger partial charge >= 0.3 is 7.41 Å². The van der Waals surface area contributed by atoms with Gasteiger partial charge < -0.3 is 19.3 Å². The van der Waals surface area contributed by atoms with Crippen molar-refractivity contribution in [3.8, 4) is 23.4 Å². The number of pyridine rings is 1. The van der Waals surface area contributed by atoms with Crippen molar-refractivity contribution < 1.29 is 9.22 Å². The molecule has 1 radical (unpaired) electrons. The van der Waals surface area contributed by atoms with Crippen molar-refractivity contribution in [1.82, 2.24) is 15.0 Å². The van der Waals surface area contributed by atoms with Crippen molar-refractivity contribution in [3.63, 3.8) is 0 Å². The number of benzene rings is 1. The number of hydrogen-bond acceptors (Lipinski definition) is 9. The van der Waals surface area contributed by atoms with E-state index in [0.717, 1.165) is 53.1 Å². The van der Waals surface area contributed by atoms with E-state index in [1.807, 2.05) is 16.9 Å². The summed E-state index contributed by atoms with van der Waals surface area (Å²) in [5.74, 6) is 1.14. The number of aromatic nitrogens is 3. The van der Waals surface area contributed by atoms with Gasteiger partial charge in [0.05, 0.1) is 28.2 Å². The van der Waals surface area contributed by atoms with Gasteiger partial charge in [-0.15, -0.1) is 0 Å². The van der Waals surface area contributed by atoms with Crippen molar-refractivity contribution in [2.75, 3.05) is 23.3 Å². The zero-order valence-corrected chi connectivity index (χ0v) is 27.4. The van der Waals surface area contributed by atoms with Gasteiger partial charge in [0.1, 0.15) is 18.3 Å². The van der Waals surface area contributed by atoms with E-state index >= 15 is 0 Å². The highest BCUT2D eigenvalue weighted by molar-refractivity contribution is 6.74. The van der Waals surface area contributed by atoms with Crippen LogP contribution in [0.3, 0.4) is 0 Å². The molecular formula is C33H39BN7O2Si. The molecule has 1 aromatic carbocycles. The Morgan fingerprint density at radius 1 is 1.20 bits per heavy atom. The first-order chi connectivity index (χ1) is 20.9. The summed E-state index contributed by atoms with van der Waals surface area (Å²) in [5, 5.41) is 23.1. The zero-order valence-electron chi connectivity index (χ0n) is 26.4. The third-order valence-corrected chi connectivity index (χ3v) is 13.7. The van der Waals surface area contributed by atoms with Crippen molar-refractivity contribution in [2.24, 2.45) is 5.92 Å². The molecule has 225 valence electrons. The van der Waals surface area contributed by atoms with Gasteiger partial charge in [-0.3, -0.25) is 4.98 Å². The first-order valence-corrected chi connectivity index (χ1v) is 18.1. The molecule has 1 atom stereocenters. The lowest BCUT2D eigenvalue weighted by molar-refractivity contribution is 0.219. The summed E-state index contributed by atoms with van der Waals surface area (Å²) in [5.41, 5.74) is 5.19. The molecular weight excluding hydrogens is 565 g/mol. The van der Waals surface area contributed by atoms with Crippen LogP contribution >= 0.6 is 0 Å². The molecule has 1 aliphatic carbocycles. The largest absolute Gasteiger partial charge is 0.416 e. The lowest BCUT2D eigenvalue weighted by Crippen LogP contribution is -2.46. The number of aryl methyl sites for hydroxylation is 1. The maximum Gasteiger partial charge on any atom is 0.329 e. The van der Waals surface area contributed by atoms with E-state index < -0.39 is 13.7 Å². The highest BCUT2D eigenvalue weighted by Gasteiger charge is 2.44. The molecule has 2 aromatic heterocycles. The minimum Gasteiger partial charge on any atom is -0.416 e. The van der Waals surface area contributed by atoms with Gasteiger partial charge in [0, 0.05) is 42.2 Å². The first-order valence-electron chi connectivity index (χ1n) is 15.1. The van der Waals surface area contributed by atoms with Crippen LogP contribution < -0.4 is 10.1 Å². The molecule has 3 aromatic rings. The van der Waals surface area contributed by atoms with Crippen LogP contribution in [0.25, 0.3) is 11.3 Å². The van der Waals surface area contributed by atoms with Gasteiger partial charge in [-0.25, -0.2) is 9.97 Å². The fourth-order valence-corrected chi connectivity index (χ4v) is 6.48. The molecule has 5 rings (SSSR count). The highest BCUT2D eigenvalue weighted by atomic mass is 28.4. The number of nitrogens with zero attached hydrogens (tertiary/aromatic N) is 6. The minimum atomic E-state index is -2.06. The minimum absolute atomic E-state index is 0.0451. The summed E-state index contributed by atoms with van der Waals surface area (Å²) in [6.07, 6.45) is 8.47. The quantitative estimate of drug-likeness (QED) is 0.199. The van der Waals surface area contributed by atoms with Gasteiger partial charge in [0.2, 0.25) is 5.95 Å². The zero-order chi connectivity index (χ0) is 31.7. The summed E-state index contributed by atoms with van der Waals surface area (Å²) in [7, 11) is -0.569. The van der Waals surface area contributed by atoms with E-state index in [1.54, 1.807) is 18.5 Å². The Hall–Kier alpha value is -4.06. The van der Waals surface area contributed by atoms with Crippen molar-refractivity contribution in [2.45, 2.75) is 76.9 Å². The second-order valence-corrected chi connectivity index (χ2v) is 18.6. The van der Waals surface area contributed by atoms with Crippen LogP contribution in [0.15, 0.2) is 36.7 Å². The molecule has 1 N–H and O–H groups in total. The Balaban J connectivity index is 1.50. The number of carbonyl (C=O) groups excluding carboxylic acids is 1. The number of nitrogens with one attached hydrogen (secondary N) is 1. The van der Waals surface area contributed by atoms with Crippen LogP contribution in [0, 0.1) is 28.6 Å². The Labute approximate surface area is 262 Å². The van der Waals surface area contributed by atoms with Gasteiger partial charge in [-0.05, 0) is 66.7 Å². The predicted molar refractivity (Wildman–Crippen MR) is 176 cm³/mol. The van der Waals surface area contributed by atoms with E-state index in [9.17, 15) is 15.3 Å². The summed E-state index contributed by atoms with van der Waals surface area (Å²) >= 11 is 0. The standard InChI is InChI=1S/C33H39BN7O2Si/c1-32(2,3)44(5,6)43-20-33(4)19-41(34-21-42)30-25(17-36)14-24(15-26(30)33)27-11-12-37-31(39-27)40-29-13-23(16-35)18-38-28(29)10-9-22-7-8-22/h11-15,18,21-22H,7-10,19-20H2,1-6H3,(H,37,39,40)/t33-/m1/s1. The smallest absolute Gasteiger partial charge is 0.329 e. The summed E-state index contributed by atoms with van der Waals surface area (Å²) < 4.78 is 6.70. The molecule has 0 bridgehead atoms. The molecule has 0 saturated heterocycles. The van der Waals surface area contributed by atoms with Crippen molar-refractivity contribution in [1.29, 1.82) is 10.5 Å². The molecule has 2 aliphatic rings. The molecule has 1 aliphatic heterocycles. The Bertz CT molecular complexity index is 1660. The molecule has 9 nitrogen and oxygen atoms in total. The molecule has 1 fully saturated rings. The number of anilines is 3. The second-order valence-electron chi connectivity index (χ2n) is 13.8. The number of carbonyl (C=O) groups is 1. The van der Waals surface area contributed by atoms with Gasteiger partial charge in [0.15, 0.2) is 8.32 Å². The topological polar surface area (TPSA) is 128 Å². The maximum absolute atomic E-state index is 11.6. The van der Waals surface area contributed by atoms with E-state index in [4.69, 9.17) is 9.41 Å². The van der Waals surface area contributed by atoms with Crippen molar-refractivity contribution >= 4 is 39.2 Å². The summed E-state index contributed by atoms with van der Waals surface area (Å²) in [4.78, 5) is 27.3. The van der Waals surface area contributed by atoms with Crippen molar-refractivity contribution in [3.05, 3.63) is 59.0 Å². The van der Waals surface area contributed by atoms with Crippen LogP contribution in [-0.2, 0) is 21.1 Å². The summed E-state index contributed by atoms with van der Waals surface area (Å²) in [6.45, 7) is 14.2. The average Bonchev–Trinajstić information content (AvgIpc) is 3.78. The van der Waals surface area contributed by atoms with Gasteiger partial charge in [-0.2, -0.15) is 10.5 Å². The molecule has 44 heavy (non-hydrogen) atoms. The normalized spacial score (nSPS) is 17.9. The lowest BCUT2D eigenvalue weighted by atomic mass is 9.83. The Kier molecular flexibility index (Phi) is 8.66. The Morgan fingerprint density at radius 3 is 2.64 bits per heavy atom. The molecule has 1 saturated carbocycles. The van der Waals surface area contributed by atoms with E-state index in [-0.39, 0.29) is 5.04 Å². The van der Waals surface area contributed by atoms with Crippen LogP contribution in [0.4, 0.5) is 17.3 Å². The fourth-order valence-electron chi connectivity index (χ4n) is 5.37. The molecule has 11 heteroatoms. The first kappa shape index (κ1) is 31.4. The van der Waals surface area contributed by atoms with Crippen LogP contribution in [0.2, 0.25) is 18.1 Å². The van der Waals surface area contributed by atoms with Crippen LogP contribution in [0.5, 0.6) is 0 Å². The average molecular weight is 605 g/mol. The predicted octanol–water partition coefficient (Wildman–Crippen LogP) is 6.28. The summed E-state index contributed by atoms with van der Waals surface area (Å²) in [6, 6.07) is 12.0. The Morgan fingerprint density at radius 2 is 1.98 bits per heavy atom. The van der Waals surface area contributed by atoms with E-state index in [0.29, 0.717) is 35.9 Å². The lowest BCUT2D eigenvalue weighted by Gasteiger charge is -2.39. The van der Waals surface area contributed by atoms with Crippen LogP contribution in [-0.4, -0.2) is 50.0 Å². The highest BCUT2D eigenvalue weighted by Crippen LogP contribution is 2.46. The third kappa shape index (κ3) is 6.55. The second kappa shape index (κ2) is 12.1. The molecule has 0 amide bonds. The monoisotopic (exact) mass is 604 g/mol. The number of rotatable bonds is 11. The number of hydrogen-bond donors (Lipinski definition) is 1. The molecule has 0 unspecified atom stereocenters. The maximum atomic E-state index is 11.6. The van der Waals surface area contributed by atoms with Crippen LogP contribution in [0.1, 0.15) is 69.3 Å². The number of fused-ring (bicyclic) bond motifs is 1. The fraction of sp³-hybridized carbons (Fsp3) is 0.455.